The maximum absolute atomic E-state index is 13.4. The third-order valence-electron chi connectivity index (χ3n) is 5.00. The van der Waals surface area contributed by atoms with Gasteiger partial charge in [0.05, 0.1) is 7.11 Å². The second-order valence-corrected chi connectivity index (χ2v) is 7.60. The highest BCUT2D eigenvalue weighted by atomic mass is 16.5. The van der Waals surface area contributed by atoms with E-state index in [-0.39, 0.29) is 11.8 Å². The number of ether oxygens (including phenoxy) is 1. The van der Waals surface area contributed by atoms with Gasteiger partial charge in [-0.25, -0.2) is 4.79 Å². The van der Waals surface area contributed by atoms with Crippen molar-refractivity contribution >= 4 is 28.5 Å². The van der Waals surface area contributed by atoms with Crippen LogP contribution in [0.15, 0.2) is 48.5 Å². The second-order valence-electron chi connectivity index (χ2n) is 7.60. The van der Waals surface area contributed by atoms with E-state index in [4.69, 9.17) is 10.5 Å². The molecule has 0 aliphatic heterocycles. The van der Waals surface area contributed by atoms with Gasteiger partial charge in [0.2, 0.25) is 0 Å². The molecule has 0 aliphatic carbocycles. The molecule has 3 N–H and O–H groups in total. The fourth-order valence-electron chi connectivity index (χ4n) is 3.68. The molecule has 0 saturated heterocycles. The summed E-state index contributed by atoms with van der Waals surface area (Å²) in [5, 5.41) is 3.77. The molecule has 1 aromatic heterocycles. The molecule has 1 amide bonds. The molecule has 6 heteroatoms. The molecule has 0 fully saturated rings. The zero-order valence-corrected chi connectivity index (χ0v) is 17.2. The SMILES string of the molecule is COC(=O)C(CC(C)C)NC(=O)c1c(-c2ccccc2)c2cc(N)ccc2n1C. The number of aromatic nitrogens is 1. The first-order chi connectivity index (χ1) is 13.8. The molecular weight excluding hydrogens is 366 g/mol. The molecule has 3 aromatic rings. The number of hydrogen-bond donors (Lipinski definition) is 2. The number of carbonyl (C=O) groups excluding carboxylic acids is 2. The highest BCUT2D eigenvalue weighted by Crippen LogP contribution is 2.35. The number of benzene rings is 2. The van der Waals surface area contributed by atoms with Gasteiger partial charge in [0.15, 0.2) is 0 Å². The number of fused-ring (bicyclic) bond motifs is 1. The number of nitrogens with two attached hydrogens (primary N) is 1. The molecule has 29 heavy (non-hydrogen) atoms. The molecule has 0 aliphatic rings. The van der Waals surface area contributed by atoms with Gasteiger partial charge in [0, 0.05) is 29.2 Å². The van der Waals surface area contributed by atoms with Crippen molar-refractivity contribution < 1.29 is 14.3 Å². The van der Waals surface area contributed by atoms with E-state index in [1.165, 1.54) is 7.11 Å². The quantitative estimate of drug-likeness (QED) is 0.493. The van der Waals surface area contributed by atoms with Crippen LogP contribution in [0, 0.1) is 5.92 Å². The fraction of sp³-hybridized carbons (Fsp3) is 0.304. The Balaban J connectivity index is 2.14. The Kier molecular flexibility index (Phi) is 5.92. The first kappa shape index (κ1) is 20.5. The van der Waals surface area contributed by atoms with Crippen molar-refractivity contribution in [3.8, 4) is 11.1 Å². The van der Waals surface area contributed by atoms with Crippen molar-refractivity contribution in [3.63, 3.8) is 0 Å². The number of hydrogen-bond acceptors (Lipinski definition) is 4. The first-order valence-corrected chi connectivity index (χ1v) is 9.65. The minimum atomic E-state index is -0.709. The Bertz CT molecular complexity index is 1040. The lowest BCUT2D eigenvalue weighted by Gasteiger charge is -2.19. The van der Waals surface area contributed by atoms with Gasteiger partial charge in [0.1, 0.15) is 11.7 Å². The lowest BCUT2D eigenvalue weighted by atomic mass is 10.00. The van der Waals surface area contributed by atoms with Crippen LogP contribution in [0.25, 0.3) is 22.0 Å². The fourth-order valence-corrected chi connectivity index (χ4v) is 3.68. The van der Waals surface area contributed by atoms with Crippen LogP contribution in [0.4, 0.5) is 5.69 Å². The summed E-state index contributed by atoms with van der Waals surface area (Å²) in [7, 11) is 3.17. The number of anilines is 1. The lowest BCUT2D eigenvalue weighted by Crippen LogP contribution is -2.43. The highest BCUT2D eigenvalue weighted by molar-refractivity contribution is 6.11. The molecule has 0 spiro atoms. The monoisotopic (exact) mass is 393 g/mol. The molecule has 6 nitrogen and oxygen atoms in total. The van der Waals surface area contributed by atoms with E-state index in [9.17, 15) is 9.59 Å². The van der Waals surface area contributed by atoms with Crippen molar-refractivity contribution in [1.29, 1.82) is 0 Å². The summed E-state index contributed by atoms with van der Waals surface area (Å²) in [6, 6.07) is 14.6. The summed E-state index contributed by atoms with van der Waals surface area (Å²) in [4.78, 5) is 25.6. The van der Waals surface area contributed by atoms with Gasteiger partial charge in [0.25, 0.3) is 5.91 Å². The Morgan fingerprint density at radius 3 is 2.45 bits per heavy atom. The first-order valence-electron chi connectivity index (χ1n) is 9.65. The van der Waals surface area contributed by atoms with Crippen LogP contribution < -0.4 is 11.1 Å². The normalized spacial score (nSPS) is 12.2. The van der Waals surface area contributed by atoms with Gasteiger partial charge in [-0.15, -0.1) is 0 Å². The summed E-state index contributed by atoms with van der Waals surface area (Å²) < 4.78 is 6.74. The van der Waals surface area contributed by atoms with Gasteiger partial charge in [-0.1, -0.05) is 44.2 Å². The molecule has 0 bridgehead atoms. The van der Waals surface area contributed by atoms with Crippen molar-refractivity contribution in [1.82, 2.24) is 9.88 Å². The van der Waals surface area contributed by atoms with E-state index in [1.807, 2.05) is 74.0 Å². The predicted octanol–water partition coefficient (Wildman–Crippen LogP) is 3.75. The average molecular weight is 393 g/mol. The highest BCUT2D eigenvalue weighted by Gasteiger charge is 2.28. The number of nitrogen functional groups attached to an aromatic ring is 1. The van der Waals surface area contributed by atoms with Crippen LogP contribution in [0.5, 0.6) is 0 Å². The topological polar surface area (TPSA) is 86.3 Å². The van der Waals surface area contributed by atoms with Crippen LogP contribution in [0.3, 0.4) is 0 Å². The van der Waals surface area contributed by atoms with Gasteiger partial charge in [-0.2, -0.15) is 0 Å². The van der Waals surface area contributed by atoms with Gasteiger partial charge < -0.3 is 20.4 Å². The molecule has 1 heterocycles. The Hall–Kier alpha value is -3.28. The number of carbonyl (C=O) groups is 2. The zero-order valence-electron chi connectivity index (χ0n) is 17.2. The van der Waals surface area contributed by atoms with Crippen LogP contribution in [-0.4, -0.2) is 29.6 Å². The van der Waals surface area contributed by atoms with Crippen LogP contribution in [0.2, 0.25) is 0 Å². The number of esters is 1. The third kappa shape index (κ3) is 4.11. The van der Waals surface area contributed by atoms with E-state index in [2.05, 4.69) is 5.32 Å². The van der Waals surface area contributed by atoms with E-state index in [0.717, 1.165) is 22.0 Å². The minimum Gasteiger partial charge on any atom is -0.467 e. The molecule has 3 rings (SSSR count). The number of aryl methyl sites for hydroxylation is 1. The lowest BCUT2D eigenvalue weighted by molar-refractivity contribution is -0.143. The molecular formula is C23H27N3O3. The van der Waals surface area contributed by atoms with E-state index >= 15 is 0 Å². The number of methoxy groups -OCH3 is 1. The zero-order chi connectivity index (χ0) is 21.1. The summed E-state index contributed by atoms with van der Waals surface area (Å²) in [6.07, 6.45) is 0.496. The largest absolute Gasteiger partial charge is 0.467 e. The van der Waals surface area contributed by atoms with E-state index < -0.39 is 12.0 Å². The Morgan fingerprint density at radius 2 is 1.83 bits per heavy atom. The van der Waals surface area contributed by atoms with Crippen molar-refractivity contribution in [3.05, 3.63) is 54.2 Å². The summed E-state index contributed by atoms with van der Waals surface area (Å²) >= 11 is 0. The smallest absolute Gasteiger partial charge is 0.328 e. The summed E-state index contributed by atoms with van der Waals surface area (Å²) in [6.45, 7) is 3.99. The van der Waals surface area contributed by atoms with Gasteiger partial charge in [-0.3, -0.25) is 4.79 Å². The average Bonchev–Trinajstić information content (AvgIpc) is 2.98. The van der Waals surface area contributed by atoms with Crippen molar-refractivity contribution in [2.75, 3.05) is 12.8 Å². The number of amides is 1. The standard InChI is InChI=1S/C23H27N3O3/c1-14(2)12-18(23(28)29-4)25-22(27)21-20(15-8-6-5-7-9-15)17-13-16(24)10-11-19(17)26(21)3/h5-11,13-14,18H,12,24H2,1-4H3,(H,25,27). The van der Waals surface area contributed by atoms with Gasteiger partial charge >= 0.3 is 5.97 Å². The van der Waals surface area contributed by atoms with E-state index in [0.29, 0.717) is 17.8 Å². The number of nitrogens with one attached hydrogen (secondary N) is 1. The van der Waals surface area contributed by atoms with Crippen molar-refractivity contribution in [2.45, 2.75) is 26.3 Å². The third-order valence-corrected chi connectivity index (χ3v) is 5.00. The summed E-state index contributed by atoms with van der Waals surface area (Å²) in [5.41, 5.74) is 9.73. The second kappa shape index (κ2) is 8.39. The maximum Gasteiger partial charge on any atom is 0.328 e. The maximum atomic E-state index is 13.4. The molecule has 0 radical (unpaired) electrons. The predicted molar refractivity (Wildman–Crippen MR) is 115 cm³/mol. The molecule has 2 aromatic carbocycles. The van der Waals surface area contributed by atoms with Crippen LogP contribution in [0.1, 0.15) is 30.8 Å². The summed E-state index contributed by atoms with van der Waals surface area (Å²) in [5.74, 6) is -0.547. The van der Waals surface area contributed by atoms with Crippen molar-refractivity contribution in [2.24, 2.45) is 13.0 Å². The number of nitrogens with zero attached hydrogens (tertiary/aromatic N) is 1. The van der Waals surface area contributed by atoms with Crippen LogP contribution in [-0.2, 0) is 16.6 Å². The minimum absolute atomic E-state index is 0.222. The van der Waals surface area contributed by atoms with Crippen LogP contribution >= 0.6 is 0 Å². The molecule has 152 valence electrons. The molecule has 1 atom stereocenters. The van der Waals surface area contributed by atoms with E-state index in [1.54, 1.807) is 0 Å². The Morgan fingerprint density at radius 1 is 1.14 bits per heavy atom. The molecule has 1 unspecified atom stereocenters. The Labute approximate surface area is 170 Å². The molecule has 0 saturated carbocycles. The number of rotatable bonds is 6. The van der Waals surface area contributed by atoms with Gasteiger partial charge in [-0.05, 0) is 36.1 Å².